The van der Waals surface area contributed by atoms with E-state index >= 15 is 0 Å². The Morgan fingerprint density at radius 3 is 2.89 bits per heavy atom. The van der Waals surface area contributed by atoms with Crippen LogP contribution in [0.4, 0.5) is 5.82 Å². The van der Waals surface area contributed by atoms with Crippen LogP contribution < -0.4 is 5.32 Å². The molecule has 0 bridgehead atoms. The monoisotopic (exact) mass is 262 g/mol. The van der Waals surface area contributed by atoms with Crippen LogP contribution in [0.5, 0.6) is 0 Å². The fourth-order valence-corrected chi connectivity index (χ4v) is 2.57. The number of aryl methyl sites for hydroxylation is 2. The molecule has 96 valence electrons. The zero-order valence-corrected chi connectivity index (χ0v) is 11.8. The van der Waals surface area contributed by atoms with E-state index in [4.69, 9.17) is 0 Å². The van der Waals surface area contributed by atoms with Crippen molar-refractivity contribution < 1.29 is 0 Å². The summed E-state index contributed by atoms with van der Waals surface area (Å²) in [5, 5.41) is 8.78. The predicted octanol–water partition coefficient (Wildman–Crippen LogP) is 3.10. The molecule has 0 saturated heterocycles. The molecule has 2 aromatic rings. The van der Waals surface area contributed by atoms with Crippen molar-refractivity contribution in [3.63, 3.8) is 0 Å². The Bertz CT molecular complexity index is 521. The van der Waals surface area contributed by atoms with Gasteiger partial charge in [-0.15, -0.1) is 0 Å². The Morgan fingerprint density at radius 1 is 1.39 bits per heavy atom. The minimum atomic E-state index is 0.931. The van der Waals surface area contributed by atoms with Crippen LogP contribution in [0.2, 0.25) is 0 Å². The number of aromatic nitrogens is 3. The van der Waals surface area contributed by atoms with E-state index in [0.717, 1.165) is 29.5 Å². The molecule has 0 fully saturated rings. The summed E-state index contributed by atoms with van der Waals surface area (Å²) in [7, 11) is 1.97. The van der Waals surface area contributed by atoms with Crippen LogP contribution in [0.15, 0.2) is 34.3 Å². The molecule has 0 unspecified atom stereocenters. The molecule has 0 aliphatic heterocycles. The Labute approximate surface area is 112 Å². The first-order valence-corrected chi connectivity index (χ1v) is 6.89. The molecular weight excluding hydrogens is 244 g/mol. The van der Waals surface area contributed by atoms with E-state index in [1.807, 2.05) is 30.9 Å². The van der Waals surface area contributed by atoms with E-state index in [2.05, 4.69) is 34.5 Å². The third kappa shape index (κ3) is 3.26. The van der Waals surface area contributed by atoms with Gasteiger partial charge in [0.2, 0.25) is 0 Å². The molecule has 0 saturated carbocycles. The molecule has 1 N–H and O–H groups in total. The lowest BCUT2D eigenvalue weighted by atomic mass is 10.4. The van der Waals surface area contributed by atoms with E-state index in [-0.39, 0.29) is 0 Å². The van der Waals surface area contributed by atoms with Crippen LogP contribution in [0, 0.1) is 6.92 Å². The van der Waals surface area contributed by atoms with Crippen LogP contribution in [0.25, 0.3) is 0 Å². The maximum atomic E-state index is 4.34. The molecule has 2 aromatic heterocycles. The van der Waals surface area contributed by atoms with Crippen LogP contribution >= 0.6 is 11.8 Å². The summed E-state index contributed by atoms with van der Waals surface area (Å²) in [5.41, 5.74) is 1.04. The van der Waals surface area contributed by atoms with Crippen LogP contribution in [-0.2, 0) is 7.05 Å². The molecule has 0 aliphatic carbocycles. The Balaban J connectivity index is 2.11. The number of rotatable bonds is 5. The Kier molecular flexibility index (Phi) is 4.25. The molecule has 0 aromatic carbocycles. The lowest BCUT2D eigenvalue weighted by molar-refractivity contribution is 0.692. The molecule has 0 atom stereocenters. The van der Waals surface area contributed by atoms with Gasteiger partial charge in [-0.1, -0.05) is 18.7 Å². The molecule has 4 nitrogen and oxygen atoms in total. The summed E-state index contributed by atoms with van der Waals surface area (Å²) in [6.07, 6.45) is 2.93. The fraction of sp³-hybridized carbons (Fsp3) is 0.385. The zero-order chi connectivity index (χ0) is 13.0. The number of hydrogen-bond acceptors (Lipinski definition) is 4. The first-order chi connectivity index (χ1) is 8.69. The van der Waals surface area contributed by atoms with Gasteiger partial charge >= 0.3 is 0 Å². The standard InChI is InChI=1S/C13H18N4S/c1-4-6-14-12-9-11(5-7-15-12)18-13-8-10(2)16-17(13)3/h5,7-9H,4,6H2,1-3H3,(H,14,15). The lowest BCUT2D eigenvalue weighted by Crippen LogP contribution is -2.01. The second kappa shape index (κ2) is 5.91. The molecule has 0 amide bonds. The van der Waals surface area contributed by atoms with Crippen molar-refractivity contribution in [2.24, 2.45) is 7.05 Å². The van der Waals surface area contributed by atoms with Crippen molar-refractivity contribution in [1.82, 2.24) is 14.8 Å². The number of hydrogen-bond donors (Lipinski definition) is 1. The van der Waals surface area contributed by atoms with Crippen molar-refractivity contribution in [2.75, 3.05) is 11.9 Å². The SMILES string of the molecule is CCCNc1cc(Sc2cc(C)nn2C)ccn1. The van der Waals surface area contributed by atoms with Gasteiger partial charge in [0.15, 0.2) is 0 Å². The number of anilines is 1. The van der Waals surface area contributed by atoms with Crippen molar-refractivity contribution in [2.45, 2.75) is 30.2 Å². The van der Waals surface area contributed by atoms with Gasteiger partial charge in [-0.3, -0.25) is 4.68 Å². The predicted molar refractivity (Wildman–Crippen MR) is 75.1 cm³/mol. The maximum absolute atomic E-state index is 4.34. The van der Waals surface area contributed by atoms with Gasteiger partial charge in [0.05, 0.1) is 10.7 Å². The second-order valence-electron chi connectivity index (χ2n) is 4.15. The fourth-order valence-electron chi connectivity index (χ4n) is 1.63. The molecular formula is C13H18N4S. The summed E-state index contributed by atoms with van der Waals surface area (Å²) in [6.45, 7) is 5.10. The quantitative estimate of drug-likeness (QED) is 0.899. The molecule has 5 heteroatoms. The van der Waals surface area contributed by atoms with Gasteiger partial charge in [-0.2, -0.15) is 5.10 Å². The highest BCUT2D eigenvalue weighted by Crippen LogP contribution is 2.28. The number of nitrogens with one attached hydrogen (secondary N) is 1. The van der Waals surface area contributed by atoms with Crippen LogP contribution in [0.3, 0.4) is 0 Å². The highest BCUT2D eigenvalue weighted by Gasteiger charge is 2.05. The van der Waals surface area contributed by atoms with Gasteiger partial charge < -0.3 is 5.32 Å². The minimum absolute atomic E-state index is 0.931. The number of nitrogens with zero attached hydrogens (tertiary/aromatic N) is 3. The zero-order valence-electron chi connectivity index (χ0n) is 11.0. The summed E-state index contributed by atoms with van der Waals surface area (Å²) in [6, 6.07) is 6.18. The smallest absolute Gasteiger partial charge is 0.127 e. The molecule has 0 aliphatic rings. The topological polar surface area (TPSA) is 42.7 Å². The molecule has 18 heavy (non-hydrogen) atoms. The average Bonchev–Trinajstić information content (AvgIpc) is 2.66. The van der Waals surface area contributed by atoms with Crippen molar-refractivity contribution in [1.29, 1.82) is 0 Å². The largest absolute Gasteiger partial charge is 0.370 e. The average molecular weight is 262 g/mol. The molecule has 2 heterocycles. The van der Waals surface area contributed by atoms with E-state index < -0.39 is 0 Å². The Morgan fingerprint density at radius 2 is 2.22 bits per heavy atom. The second-order valence-corrected chi connectivity index (χ2v) is 5.25. The van der Waals surface area contributed by atoms with E-state index in [1.165, 1.54) is 4.90 Å². The number of pyridine rings is 1. The van der Waals surface area contributed by atoms with Crippen LogP contribution in [-0.4, -0.2) is 21.3 Å². The van der Waals surface area contributed by atoms with Crippen LogP contribution in [0.1, 0.15) is 19.0 Å². The highest BCUT2D eigenvalue weighted by molar-refractivity contribution is 7.99. The summed E-state index contributed by atoms with van der Waals surface area (Å²) < 4.78 is 1.90. The summed E-state index contributed by atoms with van der Waals surface area (Å²) >= 11 is 1.70. The van der Waals surface area contributed by atoms with Gasteiger partial charge in [-0.25, -0.2) is 4.98 Å². The summed E-state index contributed by atoms with van der Waals surface area (Å²) in [4.78, 5) is 5.47. The Hall–Kier alpha value is -1.49. The van der Waals surface area contributed by atoms with Crippen molar-refractivity contribution in [3.05, 3.63) is 30.1 Å². The first-order valence-electron chi connectivity index (χ1n) is 6.07. The first kappa shape index (κ1) is 13.0. The third-order valence-corrected chi connectivity index (χ3v) is 3.55. The van der Waals surface area contributed by atoms with E-state index in [0.29, 0.717) is 0 Å². The molecule has 0 radical (unpaired) electrons. The van der Waals surface area contributed by atoms with Crippen molar-refractivity contribution >= 4 is 17.6 Å². The van der Waals surface area contributed by atoms with Gasteiger partial charge in [0.1, 0.15) is 5.82 Å². The maximum Gasteiger partial charge on any atom is 0.127 e. The highest BCUT2D eigenvalue weighted by atomic mass is 32.2. The van der Waals surface area contributed by atoms with E-state index in [1.54, 1.807) is 11.8 Å². The van der Waals surface area contributed by atoms with E-state index in [9.17, 15) is 0 Å². The molecule has 0 spiro atoms. The van der Waals surface area contributed by atoms with Gasteiger partial charge in [0.25, 0.3) is 0 Å². The van der Waals surface area contributed by atoms with Gasteiger partial charge in [0, 0.05) is 24.7 Å². The minimum Gasteiger partial charge on any atom is -0.370 e. The van der Waals surface area contributed by atoms with Crippen molar-refractivity contribution in [3.8, 4) is 0 Å². The normalized spacial score (nSPS) is 10.6. The lowest BCUT2D eigenvalue weighted by Gasteiger charge is -2.06. The molecule has 2 rings (SSSR count). The third-order valence-electron chi connectivity index (χ3n) is 2.47. The van der Waals surface area contributed by atoms with Gasteiger partial charge in [-0.05, 0) is 31.5 Å². The summed E-state index contributed by atoms with van der Waals surface area (Å²) in [5.74, 6) is 0.931.